The highest BCUT2D eigenvalue weighted by molar-refractivity contribution is 5.86. The molecule has 3 rings (SSSR count). The summed E-state index contributed by atoms with van der Waals surface area (Å²) in [6.45, 7) is 5.29. The van der Waals surface area contributed by atoms with E-state index in [2.05, 4.69) is 14.9 Å². The van der Waals surface area contributed by atoms with Gasteiger partial charge in [0.25, 0.3) is 0 Å². The molecule has 0 spiro atoms. The summed E-state index contributed by atoms with van der Waals surface area (Å²) >= 11 is 0. The Morgan fingerprint density at radius 1 is 1.52 bits per heavy atom. The first kappa shape index (κ1) is 18.0. The number of hydrogen-bond acceptors (Lipinski definition) is 6. The van der Waals surface area contributed by atoms with Crippen LogP contribution in [0.3, 0.4) is 0 Å². The summed E-state index contributed by atoms with van der Waals surface area (Å²) in [4.78, 5) is 23.5. The largest absolute Gasteiger partial charge is 0.376 e. The predicted molar refractivity (Wildman–Crippen MR) is 95.1 cm³/mol. The average Bonchev–Trinajstić information content (AvgIpc) is 3.13. The van der Waals surface area contributed by atoms with Gasteiger partial charge in [0, 0.05) is 51.3 Å². The molecule has 25 heavy (non-hydrogen) atoms. The zero-order chi connectivity index (χ0) is 18.1. The maximum atomic E-state index is 12.6. The topological polar surface area (TPSA) is 95.0 Å². The summed E-state index contributed by atoms with van der Waals surface area (Å²) in [6.07, 6.45) is 2.83. The minimum absolute atomic E-state index is 0.0965. The lowest BCUT2D eigenvalue weighted by atomic mass is 10.0. The fourth-order valence-electron chi connectivity index (χ4n) is 3.59. The van der Waals surface area contributed by atoms with Gasteiger partial charge in [-0.05, 0) is 13.3 Å². The molecular weight excluding hydrogens is 322 g/mol. The summed E-state index contributed by atoms with van der Waals surface area (Å²) in [6, 6.07) is 0. The van der Waals surface area contributed by atoms with Gasteiger partial charge in [-0.3, -0.25) is 4.57 Å². The molecule has 1 aromatic heterocycles. The van der Waals surface area contributed by atoms with Crippen molar-refractivity contribution in [1.29, 1.82) is 0 Å². The molecule has 2 aliphatic rings. The Labute approximate surface area is 147 Å². The number of aromatic nitrogens is 2. The lowest BCUT2D eigenvalue weighted by Crippen LogP contribution is -2.34. The van der Waals surface area contributed by atoms with Crippen molar-refractivity contribution in [3.8, 4) is 0 Å². The van der Waals surface area contributed by atoms with Crippen molar-refractivity contribution in [2.75, 3.05) is 27.2 Å². The normalized spacial score (nSPS) is 31.2. The Hall–Kier alpha value is -1.77. The molecule has 138 valence electrons. The third-order valence-electron chi connectivity index (χ3n) is 5.16. The molecule has 8 nitrogen and oxygen atoms in total. The Kier molecular flexibility index (Phi) is 5.21. The number of hydrogen-bond donors (Lipinski definition) is 1. The second-order valence-corrected chi connectivity index (χ2v) is 6.85. The Balaban J connectivity index is 1.94. The number of aliphatic imine (C=N–C) groups is 1. The van der Waals surface area contributed by atoms with Crippen LogP contribution in [-0.4, -0.2) is 59.7 Å². The van der Waals surface area contributed by atoms with E-state index in [-0.39, 0.29) is 23.8 Å². The number of likely N-dealkylation sites (tertiary alicyclic amines) is 1. The summed E-state index contributed by atoms with van der Waals surface area (Å²) in [5.41, 5.74) is 6.21. The molecule has 2 fully saturated rings. The van der Waals surface area contributed by atoms with E-state index in [4.69, 9.17) is 15.2 Å². The summed E-state index contributed by atoms with van der Waals surface area (Å²) in [5, 5.41) is 0. The summed E-state index contributed by atoms with van der Waals surface area (Å²) in [7, 11) is 3.63. The van der Waals surface area contributed by atoms with Crippen LogP contribution in [0.5, 0.6) is 0 Å². The summed E-state index contributed by atoms with van der Waals surface area (Å²) in [5.74, 6) is 1.54. The number of aryl methyl sites for hydroxylation is 1. The van der Waals surface area contributed by atoms with Crippen LogP contribution in [0, 0.1) is 12.8 Å². The molecule has 0 aliphatic carbocycles. The Morgan fingerprint density at radius 3 is 2.88 bits per heavy atom. The van der Waals surface area contributed by atoms with E-state index in [9.17, 15) is 4.79 Å². The van der Waals surface area contributed by atoms with Gasteiger partial charge in [-0.25, -0.2) is 9.79 Å². The lowest BCUT2D eigenvalue weighted by Gasteiger charge is -2.21. The van der Waals surface area contributed by atoms with Crippen LogP contribution in [0.2, 0.25) is 0 Å². The number of nitrogens with two attached hydrogens (primary N) is 1. The molecule has 0 saturated carbocycles. The van der Waals surface area contributed by atoms with E-state index in [0.29, 0.717) is 12.4 Å². The van der Waals surface area contributed by atoms with E-state index in [1.165, 1.54) is 4.57 Å². The highest BCUT2D eigenvalue weighted by Gasteiger charge is 2.43. The third kappa shape index (κ3) is 3.33. The van der Waals surface area contributed by atoms with E-state index in [1.807, 2.05) is 20.9 Å². The molecule has 2 aliphatic heterocycles. The molecule has 8 heteroatoms. The zero-order valence-corrected chi connectivity index (χ0v) is 15.3. The van der Waals surface area contributed by atoms with Gasteiger partial charge in [-0.15, -0.1) is 0 Å². The minimum Gasteiger partial charge on any atom is -0.376 e. The SMILES string of the molecule is CO[C@@H]1C(n2cc(C)c(N=C3CCCN3C)nc2=O)OC(CN)[C@H]1C. The van der Waals surface area contributed by atoms with Crippen LogP contribution in [0.25, 0.3) is 0 Å². The zero-order valence-electron chi connectivity index (χ0n) is 15.3. The minimum atomic E-state index is -0.525. The van der Waals surface area contributed by atoms with Gasteiger partial charge in [0.15, 0.2) is 12.0 Å². The van der Waals surface area contributed by atoms with Gasteiger partial charge in [-0.1, -0.05) is 6.92 Å². The van der Waals surface area contributed by atoms with Crippen LogP contribution >= 0.6 is 0 Å². The van der Waals surface area contributed by atoms with Gasteiger partial charge in [0.05, 0.1) is 6.10 Å². The predicted octanol–water partition coefficient (Wildman–Crippen LogP) is 0.815. The molecule has 0 aromatic carbocycles. The van der Waals surface area contributed by atoms with Crippen molar-refractivity contribution in [2.45, 2.75) is 45.1 Å². The maximum absolute atomic E-state index is 12.6. The second-order valence-electron chi connectivity index (χ2n) is 6.85. The fraction of sp³-hybridized carbons (Fsp3) is 0.706. The Bertz CT molecular complexity index is 717. The van der Waals surface area contributed by atoms with E-state index in [0.717, 1.165) is 30.8 Å². The van der Waals surface area contributed by atoms with Crippen molar-refractivity contribution in [3.05, 3.63) is 22.2 Å². The molecule has 0 bridgehead atoms. The highest BCUT2D eigenvalue weighted by Crippen LogP contribution is 2.34. The summed E-state index contributed by atoms with van der Waals surface area (Å²) < 4.78 is 13.0. The molecule has 3 heterocycles. The van der Waals surface area contributed by atoms with Crippen LogP contribution < -0.4 is 11.4 Å². The molecule has 2 N–H and O–H groups in total. The van der Waals surface area contributed by atoms with Crippen LogP contribution in [0.4, 0.5) is 5.82 Å². The van der Waals surface area contributed by atoms with Gasteiger partial charge < -0.3 is 20.1 Å². The molecule has 0 amide bonds. The first-order chi connectivity index (χ1) is 12.0. The van der Waals surface area contributed by atoms with Crippen molar-refractivity contribution in [2.24, 2.45) is 16.6 Å². The van der Waals surface area contributed by atoms with Crippen LogP contribution in [0.1, 0.15) is 31.6 Å². The standard InChI is InChI=1S/C17H27N5O3/c1-10-9-22(16-14(24-4)11(2)12(8-18)25-16)17(23)20-15(10)19-13-6-5-7-21(13)3/h9,11-12,14,16H,5-8,18H2,1-4H3/t11-,12?,14+,16?/m1/s1. The van der Waals surface area contributed by atoms with Gasteiger partial charge in [0.1, 0.15) is 11.9 Å². The maximum Gasteiger partial charge on any atom is 0.351 e. The van der Waals surface area contributed by atoms with Crippen molar-refractivity contribution in [3.63, 3.8) is 0 Å². The number of rotatable bonds is 4. The molecule has 2 saturated heterocycles. The quantitative estimate of drug-likeness (QED) is 0.864. The first-order valence-electron chi connectivity index (χ1n) is 8.73. The molecular formula is C17H27N5O3. The Morgan fingerprint density at radius 2 is 2.28 bits per heavy atom. The first-order valence-corrected chi connectivity index (χ1v) is 8.73. The van der Waals surface area contributed by atoms with Gasteiger partial charge in [0.2, 0.25) is 0 Å². The van der Waals surface area contributed by atoms with Gasteiger partial charge >= 0.3 is 5.69 Å². The number of amidine groups is 1. The molecule has 4 atom stereocenters. The van der Waals surface area contributed by atoms with Crippen molar-refractivity contribution in [1.82, 2.24) is 14.5 Å². The van der Waals surface area contributed by atoms with E-state index >= 15 is 0 Å². The highest BCUT2D eigenvalue weighted by atomic mass is 16.6. The van der Waals surface area contributed by atoms with E-state index in [1.54, 1.807) is 13.3 Å². The molecule has 2 unspecified atom stereocenters. The van der Waals surface area contributed by atoms with Crippen LogP contribution in [-0.2, 0) is 9.47 Å². The van der Waals surface area contributed by atoms with Crippen molar-refractivity contribution < 1.29 is 9.47 Å². The number of nitrogens with zero attached hydrogens (tertiary/aromatic N) is 4. The molecule has 0 radical (unpaired) electrons. The van der Waals surface area contributed by atoms with Gasteiger partial charge in [-0.2, -0.15) is 4.98 Å². The van der Waals surface area contributed by atoms with E-state index < -0.39 is 6.23 Å². The smallest absolute Gasteiger partial charge is 0.351 e. The molecule has 1 aromatic rings. The average molecular weight is 349 g/mol. The lowest BCUT2D eigenvalue weighted by molar-refractivity contribution is -0.0506. The second kappa shape index (κ2) is 7.23. The van der Waals surface area contributed by atoms with Crippen molar-refractivity contribution >= 4 is 11.7 Å². The monoisotopic (exact) mass is 349 g/mol. The van der Waals surface area contributed by atoms with Crippen LogP contribution in [0.15, 0.2) is 16.0 Å². The third-order valence-corrected chi connectivity index (χ3v) is 5.16. The fourth-order valence-corrected chi connectivity index (χ4v) is 3.59. The number of ether oxygens (including phenoxy) is 2. The number of methoxy groups -OCH3 is 1.